The lowest BCUT2D eigenvalue weighted by Gasteiger charge is -2.13. The van der Waals surface area contributed by atoms with Gasteiger partial charge in [-0.1, -0.05) is 0 Å². The van der Waals surface area contributed by atoms with Crippen LogP contribution in [0, 0.1) is 0 Å². The van der Waals surface area contributed by atoms with Crippen molar-refractivity contribution in [2.45, 2.75) is 6.54 Å². The van der Waals surface area contributed by atoms with Crippen LogP contribution in [0.5, 0.6) is 17.2 Å². The molecule has 0 bridgehead atoms. The Balaban J connectivity index is 2.20. The fraction of sp³-hybridized carbons (Fsp3) is 0.286. The van der Waals surface area contributed by atoms with Crippen LogP contribution in [-0.4, -0.2) is 37.2 Å². The quantitative estimate of drug-likeness (QED) is 0.839. The van der Waals surface area contributed by atoms with Crippen LogP contribution < -0.4 is 19.5 Å². The zero-order valence-corrected chi connectivity index (χ0v) is 12.1. The van der Waals surface area contributed by atoms with Gasteiger partial charge in [-0.15, -0.1) is 0 Å². The number of hydrogen-bond donors (Lipinski definition) is 2. The lowest BCUT2D eigenvalue weighted by atomic mass is 10.1. The number of hydrogen-bond acceptors (Lipinski definition) is 5. The van der Waals surface area contributed by atoms with Gasteiger partial charge in [-0.2, -0.15) is 0 Å². The highest BCUT2D eigenvalue weighted by Gasteiger charge is 2.16. The molecule has 0 fully saturated rings. The van der Waals surface area contributed by atoms with Crippen molar-refractivity contribution < 1.29 is 19.0 Å². The number of ether oxygens (including phenoxy) is 3. The first-order chi connectivity index (χ1) is 10.2. The molecule has 112 valence electrons. The molecule has 1 aromatic heterocycles. The Morgan fingerprint density at radius 3 is 2.33 bits per heavy atom. The summed E-state index contributed by atoms with van der Waals surface area (Å²) < 4.78 is 15.6. The van der Waals surface area contributed by atoms with Gasteiger partial charge in [0.1, 0.15) is 5.82 Å². The third kappa shape index (κ3) is 3.25. The van der Waals surface area contributed by atoms with Crippen LogP contribution >= 0.6 is 0 Å². The number of nitrogens with zero attached hydrogens (tertiary/aromatic N) is 1. The van der Waals surface area contributed by atoms with Crippen molar-refractivity contribution in [1.29, 1.82) is 0 Å². The van der Waals surface area contributed by atoms with Crippen LogP contribution in [0.2, 0.25) is 0 Å². The van der Waals surface area contributed by atoms with E-state index in [1.165, 1.54) is 21.3 Å². The summed E-state index contributed by atoms with van der Waals surface area (Å²) in [5, 5.41) is 2.76. The van der Waals surface area contributed by atoms with Gasteiger partial charge < -0.3 is 24.5 Å². The second-order valence-corrected chi connectivity index (χ2v) is 4.13. The number of nitrogens with one attached hydrogen (secondary N) is 2. The molecule has 0 saturated heterocycles. The van der Waals surface area contributed by atoms with Crippen molar-refractivity contribution in [3.05, 3.63) is 35.9 Å². The second-order valence-electron chi connectivity index (χ2n) is 4.13. The van der Waals surface area contributed by atoms with Crippen LogP contribution in [0.25, 0.3) is 0 Å². The van der Waals surface area contributed by atoms with Crippen molar-refractivity contribution in [3.8, 4) is 17.2 Å². The van der Waals surface area contributed by atoms with E-state index in [9.17, 15) is 4.79 Å². The summed E-state index contributed by atoms with van der Waals surface area (Å²) in [5.74, 6) is 1.73. The van der Waals surface area contributed by atoms with Gasteiger partial charge in [-0.3, -0.25) is 4.79 Å². The number of carbonyl (C=O) groups is 1. The number of rotatable bonds is 6. The number of aromatic nitrogens is 2. The van der Waals surface area contributed by atoms with Crippen molar-refractivity contribution in [2.24, 2.45) is 0 Å². The molecule has 1 aromatic carbocycles. The summed E-state index contributed by atoms with van der Waals surface area (Å²) in [6.45, 7) is 0.308. The van der Waals surface area contributed by atoms with Gasteiger partial charge in [0.05, 0.1) is 27.9 Å². The van der Waals surface area contributed by atoms with E-state index in [4.69, 9.17) is 14.2 Å². The van der Waals surface area contributed by atoms with Crippen LogP contribution in [-0.2, 0) is 6.54 Å². The third-order valence-electron chi connectivity index (χ3n) is 2.90. The molecule has 0 saturated carbocycles. The number of amides is 1. The van der Waals surface area contributed by atoms with E-state index in [1.54, 1.807) is 24.5 Å². The average molecular weight is 291 g/mol. The van der Waals surface area contributed by atoms with Crippen LogP contribution in [0.3, 0.4) is 0 Å². The molecule has 7 nitrogen and oxygen atoms in total. The van der Waals surface area contributed by atoms with Crippen molar-refractivity contribution in [3.63, 3.8) is 0 Å². The van der Waals surface area contributed by atoms with Crippen molar-refractivity contribution in [1.82, 2.24) is 15.3 Å². The SMILES string of the molecule is COc1cc(C(=O)NCc2ncc[nH]2)cc(OC)c1OC. The van der Waals surface area contributed by atoms with E-state index in [2.05, 4.69) is 15.3 Å². The molecule has 2 N–H and O–H groups in total. The smallest absolute Gasteiger partial charge is 0.251 e. The van der Waals surface area contributed by atoms with E-state index in [0.29, 0.717) is 35.2 Å². The Kier molecular flexibility index (Phi) is 4.65. The summed E-state index contributed by atoms with van der Waals surface area (Å²) in [4.78, 5) is 19.1. The molecule has 0 aliphatic rings. The molecule has 2 aromatic rings. The standard InChI is InChI=1S/C14H17N3O4/c1-19-10-6-9(7-11(20-2)13(10)21-3)14(18)17-8-12-15-4-5-16-12/h4-7H,8H2,1-3H3,(H,15,16)(H,17,18). The monoisotopic (exact) mass is 291 g/mol. The number of methoxy groups -OCH3 is 3. The summed E-state index contributed by atoms with van der Waals surface area (Å²) in [6, 6.07) is 3.19. The number of imidazole rings is 1. The number of carbonyl (C=O) groups excluding carboxylic acids is 1. The van der Waals surface area contributed by atoms with Gasteiger partial charge in [0.2, 0.25) is 5.75 Å². The third-order valence-corrected chi connectivity index (χ3v) is 2.90. The number of benzene rings is 1. The van der Waals surface area contributed by atoms with Gasteiger partial charge in [0, 0.05) is 18.0 Å². The van der Waals surface area contributed by atoms with E-state index < -0.39 is 0 Å². The molecule has 2 rings (SSSR count). The maximum Gasteiger partial charge on any atom is 0.251 e. The summed E-state index contributed by atoms with van der Waals surface area (Å²) in [7, 11) is 4.51. The Morgan fingerprint density at radius 1 is 1.19 bits per heavy atom. The summed E-state index contributed by atoms with van der Waals surface area (Å²) in [6.07, 6.45) is 3.32. The van der Waals surface area contributed by atoms with Gasteiger partial charge in [0.15, 0.2) is 11.5 Å². The molecule has 1 amide bonds. The number of aromatic amines is 1. The minimum Gasteiger partial charge on any atom is -0.493 e. The molecule has 1 heterocycles. The minimum atomic E-state index is -0.259. The average Bonchev–Trinajstić information content (AvgIpc) is 3.04. The second kappa shape index (κ2) is 6.65. The van der Waals surface area contributed by atoms with Crippen LogP contribution in [0.1, 0.15) is 16.2 Å². The Labute approximate surface area is 122 Å². The van der Waals surface area contributed by atoms with E-state index in [-0.39, 0.29) is 5.91 Å². The predicted molar refractivity (Wildman–Crippen MR) is 75.9 cm³/mol. The normalized spacial score (nSPS) is 10.0. The first kappa shape index (κ1) is 14.7. The molecule has 0 aliphatic carbocycles. The largest absolute Gasteiger partial charge is 0.493 e. The van der Waals surface area contributed by atoms with E-state index >= 15 is 0 Å². The first-order valence-corrected chi connectivity index (χ1v) is 6.26. The van der Waals surface area contributed by atoms with E-state index in [0.717, 1.165) is 0 Å². The molecule has 0 spiro atoms. The number of H-pyrrole nitrogens is 1. The van der Waals surface area contributed by atoms with Gasteiger partial charge in [-0.05, 0) is 12.1 Å². The highest BCUT2D eigenvalue weighted by Crippen LogP contribution is 2.38. The zero-order chi connectivity index (χ0) is 15.2. The molecule has 0 atom stereocenters. The fourth-order valence-electron chi connectivity index (χ4n) is 1.87. The highest BCUT2D eigenvalue weighted by atomic mass is 16.5. The summed E-state index contributed by atoms with van der Waals surface area (Å²) in [5.41, 5.74) is 0.413. The van der Waals surface area contributed by atoms with Gasteiger partial charge in [-0.25, -0.2) is 4.98 Å². The molecule has 21 heavy (non-hydrogen) atoms. The molecule has 0 unspecified atom stereocenters. The molecule has 0 radical (unpaired) electrons. The maximum absolute atomic E-state index is 12.2. The molecule has 7 heteroatoms. The summed E-state index contributed by atoms with van der Waals surface area (Å²) >= 11 is 0. The van der Waals surface area contributed by atoms with E-state index in [1.807, 2.05) is 0 Å². The van der Waals surface area contributed by atoms with Crippen molar-refractivity contribution >= 4 is 5.91 Å². The predicted octanol–water partition coefficient (Wildman–Crippen LogP) is 1.37. The minimum absolute atomic E-state index is 0.259. The Morgan fingerprint density at radius 2 is 1.86 bits per heavy atom. The maximum atomic E-state index is 12.2. The van der Waals surface area contributed by atoms with Crippen LogP contribution in [0.4, 0.5) is 0 Å². The Bertz CT molecular complexity index is 586. The van der Waals surface area contributed by atoms with Gasteiger partial charge in [0.25, 0.3) is 5.91 Å². The topological polar surface area (TPSA) is 85.5 Å². The van der Waals surface area contributed by atoms with Gasteiger partial charge >= 0.3 is 0 Å². The molecular weight excluding hydrogens is 274 g/mol. The first-order valence-electron chi connectivity index (χ1n) is 6.26. The van der Waals surface area contributed by atoms with Crippen molar-refractivity contribution in [2.75, 3.05) is 21.3 Å². The lowest BCUT2D eigenvalue weighted by Crippen LogP contribution is -2.23. The lowest BCUT2D eigenvalue weighted by molar-refractivity contribution is 0.0949. The molecular formula is C14H17N3O4. The Hall–Kier alpha value is -2.70. The highest BCUT2D eigenvalue weighted by molar-refractivity contribution is 5.95. The zero-order valence-electron chi connectivity index (χ0n) is 12.1. The molecule has 0 aliphatic heterocycles. The fourth-order valence-corrected chi connectivity index (χ4v) is 1.87. The van der Waals surface area contributed by atoms with Crippen LogP contribution in [0.15, 0.2) is 24.5 Å².